The highest BCUT2D eigenvalue weighted by Crippen LogP contribution is 2.48. The van der Waals surface area contributed by atoms with Crippen LogP contribution in [0, 0.1) is 0 Å². The molecule has 0 aromatic heterocycles. The molecule has 0 spiro atoms. The Morgan fingerprint density at radius 1 is 0.871 bits per heavy atom. The monoisotopic (exact) mass is 434 g/mol. The van der Waals surface area contributed by atoms with E-state index in [1.807, 2.05) is 48.5 Å². The molecule has 0 bridgehead atoms. The molecule has 0 radical (unpaired) electrons. The molecule has 0 N–H and O–H groups in total. The number of hydrogen-bond acceptors (Lipinski definition) is 4. The van der Waals surface area contributed by atoms with Crippen molar-refractivity contribution in [2.75, 3.05) is 0 Å². The number of rotatable bonds is 4. The molecule has 2 aromatic carbocycles. The first kappa shape index (κ1) is 20.1. The third-order valence-corrected chi connectivity index (χ3v) is 6.55. The Labute approximate surface area is 186 Å². The topological polar surface area (TPSA) is 52.6 Å². The summed E-state index contributed by atoms with van der Waals surface area (Å²) >= 11 is 6.25. The normalized spacial score (nSPS) is 19.1. The first-order chi connectivity index (χ1) is 15.1. The fourth-order valence-electron chi connectivity index (χ4n) is 4.71. The van der Waals surface area contributed by atoms with Crippen LogP contribution in [0.4, 0.5) is 0 Å². The molecule has 3 aliphatic rings. The molecular weight excluding hydrogens is 412 g/mol. The maximum atomic E-state index is 12.9. The fraction of sp³-hybridized carbons (Fsp3) is 0.308. The van der Waals surface area contributed by atoms with Crippen LogP contribution in [-0.2, 0) is 20.9 Å². The molecule has 0 amide bonds. The number of benzene rings is 2. The van der Waals surface area contributed by atoms with Crippen molar-refractivity contribution in [1.82, 2.24) is 0 Å². The van der Waals surface area contributed by atoms with Gasteiger partial charge in [-0.25, -0.2) is 0 Å². The molecule has 0 saturated heterocycles. The number of hydrogen-bond donors (Lipinski definition) is 0. The predicted molar refractivity (Wildman–Crippen MR) is 118 cm³/mol. The SMILES string of the molecule is O=C1CCCC2=C1C(c1cccc(OCc3ccccc3Cl)c1)C1=C(CCCC1=O)O2. The fourth-order valence-corrected chi connectivity index (χ4v) is 4.90. The Bertz CT molecular complexity index is 1090. The molecule has 0 atom stereocenters. The Hall–Kier alpha value is -2.85. The van der Waals surface area contributed by atoms with Crippen LogP contribution in [0.15, 0.2) is 71.2 Å². The second kappa shape index (κ2) is 8.35. The zero-order valence-electron chi connectivity index (χ0n) is 17.2. The van der Waals surface area contributed by atoms with Gasteiger partial charge >= 0.3 is 0 Å². The summed E-state index contributed by atoms with van der Waals surface area (Å²) in [6.07, 6.45) is 4.07. The van der Waals surface area contributed by atoms with E-state index in [9.17, 15) is 9.59 Å². The van der Waals surface area contributed by atoms with Crippen molar-refractivity contribution in [3.05, 3.63) is 87.3 Å². The van der Waals surface area contributed by atoms with Crippen molar-refractivity contribution in [3.8, 4) is 5.75 Å². The van der Waals surface area contributed by atoms with Gasteiger partial charge < -0.3 is 9.47 Å². The number of halogens is 1. The van der Waals surface area contributed by atoms with Gasteiger partial charge in [-0.3, -0.25) is 9.59 Å². The Morgan fingerprint density at radius 2 is 1.55 bits per heavy atom. The smallest absolute Gasteiger partial charge is 0.163 e. The third kappa shape index (κ3) is 3.81. The summed E-state index contributed by atoms with van der Waals surface area (Å²) in [7, 11) is 0. The molecule has 2 aliphatic carbocycles. The summed E-state index contributed by atoms with van der Waals surface area (Å²) < 4.78 is 12.1. The zero-order chi connectivity index (χ0) is 21.4. The van der Waals surface area contributed by atoms with Crippen LogP contribution in [0.5, 0.6) is 5.75 Å². The first-order valence-corrected chi connectivity index (χ1v) is 11.2. The van der Waals surface area contributed by atoms with Crippen LogP contribution in [0.1, 0.15) is 55.6 Å². The predicted octanol–water partition coefficient (Wildman–Crippen LogP) is 6.05. The van der Waals surface area contributed by atoms with Gasteiger partial charge in [0.05, 0.1) is 0 Å². The minimum Gasteiger partial charge on any atom is -0.489 e. The largest absolute Gasteiger partial charge is 0.489 e. The Morgan fingerprint density at radius 3 is 2.23 bits per heavy atom. The number of ether oxygens (including phenoxy) is 2. The van der Waals surface area contributed by atoms with Crippen LogP contribution >= 0.6 is 11.6 Å². The summed E-state index contributed by atoms with van der Waals surface area (Å²) in [5.41, 5.74) is 3.11. The van der Waals surface area contributed by atoms with Gasteiger partial charge in [0.2, 0.25) is 0 Å². The van der Waals surface area contributed by atoms with E-state index in [-0.39, 0.29) is 17.5 Å². The summed E-state index contributed by atoms with van der Waals surface area (Å²) in [6.45, 7) is 0.344. The molecular formula is C26H23ClO4. The van der Waals surface area contributed by atoms with Crippen LogP contribution in [0.3, 0.4) is 0 Å². The Kier molecular flexibility index (Phi) is 5.41. The molecule has 0 fully saturated rings. The van der Waals surface area contributed by atoms with E-state index in [1.165, 1.54) is 0 Å². The molecule has 1 heterocycles. The summed E-state index contributed by atoms with van der Waals surface area (Å²) in [5.74, 6) is 1.97. The number of allylic oxidation sites excluding steroid dienone is 4. The lowest BCUT2D eigenvalue weighted by Crippen LogP contribution is -2.30. The van der Waals surface area contributed by atoms with Gasteiger partial charge in [0.15, 0.2) is 11.6 Å². The summed E-state index contributed by atoms with van der Waals surface area (Å²) in [4.78, 5) is 25.8. The van der Waals surface area contributed by atoms with Crippen LogP contribution in [-0.4, -0.2) is 11.6 Å². The molecule has 0 unspecified atom stereocenters. The van der Waals surface area contributed by atoms with Crippen molar-refractivity contribution in [2.45, 2.75) is 51.0 Å². The highest BCUT2D eigenvalue weighted by Gasteiger charge is 2.41. The van der Waals surface area contributed by atoms with Gasteiger partial charge in [0.1, 0.15) is 23.9 Å². The molecule has 5 heteroatoms. The van der Waals surface area contributed by atoms with E-state index in [4.69, 9.17) is 21.1 Å². The van der Waals surface area contributed by atoms with Gasteiger partial charge in [0, 0.05) is 53.3 Å². The zero-order valence-corrected chi connectivity index (χ0v) is 17.9. The quantitative estimate of drug-likeness (QED) is 0.588. The highest BCUT2D eigenvalue weighted by molar-refractivity contribution is 6.31. The maximum absolute atomic E-state index is 12.9. The van der Waals surface area contributed by atoms with Crippen molar-refractivity contribution in [2.24, 2.45) is 0 Å². The van der Waals surface area contributed by atoms with Crippen molar-refractivity contribution >= 4 is 23.2 Å². The number of ketones is 2. The molecule has 158 valence electrons. The van der Waals surface area contributed by atoms with Gasteiger partial charge in [-0.05, 0) is 36.6 Å². The van der Waals surface area contributed by atoms with Crippen molar-refractivity contribution < 1.29 is 19.1 Å². The molecule has 0 saturated carbocycles. The van der Waals surface area contributed by atoms with E-state index >= 15 is 0 Å². The van der Waals surface area contributed by atoms with Gasteiger partial charge in [-0.15, -0.1) is 0 Å². The van der Waals surface area contributed by atoms with E-state index < -0.39 is 0 Å². The summed E-state index contributed by atoms with van der Waals surface area (Å²) in [6, 6.07) is 15.3. The number of carbonyl (C=O) groups is 2. The van der Waals surface area contributed by atoms with Crippen molar-refractivity contribution in [3.63, 3.8) is 0 Å². The Balaban J connectivity index is 1.51. The van der Waals surface area contributed by atoms with E-state index in [1.54, 1.807) is 0 Å². The number of Topliss-reactive ketones (excluding diaryl/α,β-unsaturated/α-hetero) is 2. The van der Waals surface area contributed by atoms with Gasteiger partial charge in [-0.2, -0.15) is 0 Å². The van der Waals surface area contributed by atoms with Gasteiger partial charge in [0.25, 0.3) is 0 Å². The van der Waals surface area contributed by atoms with E-state index in [0.29, 0.717) is 41.4 Å². The van der Waals surface area contributed by atoms with Crippen LogP contribution in [0.2, 0.25) is 5.02 Å². The summed E-state index contributed by atoms with van der Waals surface area (Å²) in [5, 5.41) is 0.660. The minimum absolute atomic E-state index is 0.0820. The average molecular weight is 435 g/mol. The second-order valence-electron chi connectivity index (χ2n) is 8.21. The lowest BCUT2D eigenvalue weighted by atomic mass is 9.73. The van der Waals surface area contributed by atoms with Gasteiger partial charge in [-0.1, -0.05) is 41.9 Å². The molecule has 31 heavy (non-hydrogen) atoms. The lowest BCUT2D eigenvalue weighted by molar-refractivity contribution is -0.117. The molecule has 2 aromatic rings. The standard InChI is InChI=1S/C26H23ClO4/c27-19-9-2-1-6-17(19)15-30-18-8-3-7-16(14-18)24-25-20(28)10-4-12-22(25)31-23-13-5-11-21(29)26(23)24/h1-3,6-9,14,24H,4-5,10-13,15H2. The molecule has 1 aliphatic heterocycles. The van der Waals surface area contributed by atoms with E-state index in [2.05, 4.69) is 0 Å². The average Bonchev–Trinajstić information content (AvgIpc) is 2.78. The van der Waals surface area contributed by atoms with Crippen LogP contribution < -0.4 is 4.74 Å². The lowest BCUT2D eigenvalue weighted by Gasteiger charge is -2.36. The number of carbonyl (C=O) groups excluding carboxylic acids is 2. The highest BCUT2D eigenvalue weighted by atomic mass is 35.5. The minimum atomic E-state index is -0.372. The third-order valence-electron chi connectivity index (χ3n) is 6.18. The van der Waals surface area contributed by atoms with E-state index in [0.717, 1.165) is 48.3 Å². The van der Waals surface area contributed by atoms with Crippen LogP contribution in [0.25, 0.3) is 0 Å². The molecule has 4 nitrogen and oxygen atoms in total. The molecule has 5 rings (SSSR count). The van der Waals surface area contributed by atoms with Crippen molar-refractivity contribution in [1.29, 1.82) is 0 Å². The second-order valence-corrected chi connectivity index (χ2v) is 8.62. The maximum Gasteiger partial charge on any atom is 0.163 e. The first-order valence-electron chi connectivity index (χ1n) is 10.8.